The first kappa shape index (κ1) is 22.9. The van der Waals surface area contributed by atoms with Gasteiger partial charge in [0.05, 0.1) is 17.5 Å². The minimum Gasteiger partial charge on any atom is -0.508 e. The summed E-state index contributed by atoms with van der Waals surface area (Å²) in [5.74, 6) is 0.971. The smallest absolute Gasteiger partial charge is 0.243 e. The van der Waals surface area contributed by atoms with Crippen molar-refractivity contribution in [2.75, 3.05) is 19.7 Å². The topological polar surface area (TPSA) is 78.9 Å². The Morgan fingerprint density at radius 1 is 1.03 bits per heavy atom. The van der Waals surface area contributed by atoms with E-state index in [4.69, 9.17) is 4.74 Å². The maximum Gasteiger partial charge on any atom is 0.243 e. The van der Waals surface area contributed by atoms with Gasteiger partial charge in [0, 0.05) is 12.6 Å². The Morgan fingerprint density at radius 3 is 2.56 bits per heavy atom. The van der Waals surface area contributed by atoms with E-state index >= 15 is 0 Å². The minimum absolute atomic E-state index is 0.192. The van der Waals surface area contributed by atoms with E-state index < -0.39 is 16.1 Å². The number of benzene rings is 3. The van der Waals surface area contributed by atoms with Gasteiger partial charge in [-0.05, 0) is 85.3 Å². The molecule has 2 aliphatic heterocycles. The molecule has 0 bridgehead atoms. The quantitative estimate of drug-likeness (QED) is 0.531. The Hall–Kier alpha value is -2.87. The van der Waals surface area contributed by atoms with Crippen LogP contribution in [0.5, 0.6) is 11.5 Å². The Labute approximate surface area is 201 Å². The summed E-state index contributed by atoms with van der Waals surface area (Å²) in [7, 11) is -3.71. The minimum atomic E-state index is -3.71. The zero-order valence-electron chi connectivity index (χ0n) is 19.1. The normalized spacial score (nSPS) is 20.7. The Bertz CT molecular complexity index is 1220. The van der Waals surface area contributed by atoms with Crippen molar-refractivity contribution in [1.82, 2.24) is 9.62 Å². The van der Waals surface area contributed by atoms with Gasteiger partial charge in [-0.15, -0.1) is 0 Å². The van der Waals surface area contributed by atoms with Crippen molar-refractivity contribution in [3.63, 3.8) is 0 Å². The fourth-order valence-electron chi connectivity index (χ4n) is 4.99. The molecule has 0 spiro atoms. The summed E-state index contributed by atoms with van der Waals surface area (Å²) in [6.45, 7) is 2.07. The van der Waals surface area contributed by atoms with Crippen LogP contribution >= 0.6 is 0 Å². The van der Waals surface area contributed by atoms with Crippen LogP contribution in [0.1, 0.15) is 42.0 Å². The van der Waals surface area contributed by atoms with Crippen LogP contribution in [0, 0.1) is 0 Å². The van der Waals surface area contributed by atoms with Crippen LogP contribution < -0.4 is 10.1 Å². The highest BCUT2D eigenvalue weighted by Crippen LogP contribution is 2.40. The third-order valence-electron chi connectivity index (χ3n) is 6.75. The Morgan fingerprint density at radius 2 is 1.82 bits per heavy atom. The van der Waals surface area contributed by atoms with Crippen LogP contribution in [0.2, 0.25) is 0 Å². The van der Waals surface area contributed by atoms with E-state index in [0.717, 1.165) is 35.4 Å². The van der Waals surface area contributed by atoms with Crippen LogP contribution in [-0.4, -0.2) is 43.6 Å². The van der Waals surface area contributed by atoms with Crippen molar-refractivity contribution in [3.8, 4) is 11.5 Å². The molecule has 2 atom stereocenters. The molecule has 0 amide bonds. The van der Waals surface area contributed by atoms with Gasteiger partial charge in [0.2, 0.25) is 10.0 Å². The molecule has 0 saturated carbocycles. The highest BCUT2D eigenvalue weighted by Gasteiger charge is 2.37. The monoisotopic (exact) mass is 478 g/mol. The summed E-state index contributed by atoms with van der Waals surface area (Å²) >= 11 is 0. The third-order valence-corrected chi connectivity index (χ3v) is 8.63. The highest BCUT2D eigenvalue weighted by atomic mass is 32.2. The van der Waals surface area contributed by atoms with Crippen molar-refractivity contribution in [1.29, 1.82) is 0 Å². The number of hydrogen-bond donors (Lipinski definition) is 2. The predicted octanol–water partition coefficient (Wildman–Crippen LogP) is 4.25. The molecule has 0 aromatic heterocycles. The van der Waals surface area contributed by atoms with Gasteiger partial charge in [0.1, 0.15) is 11.5 Å². The molecular weight excluding hydrogens is 448 g/mol. The highest BCUT2D eigenvalue weighted by molar-refractivity contribution is 7.89. The largest absolute Gasteiger partial charge is 0.508 e. The number of rotatable bonds is 7. The predicted molar refractivity (Wildman–Crippen MR) is 132 cm³/mol. The van der Waals surface area contributed by atoms with Crippen LogP contribution in [-0.2, 0) is 16.4 Å². The molecule has 178 valence electrons. The average molecular weight is 479 g/mol. The fraction of sp³-hybridized carbons (Fsp3) is 0.333. The second kappa shape index (κ2) is 9.78. The molecule has 0 aliphatic carbocycles. The summed E-state index contributed by atoms with van der Waals surface area (Å²) in [5, 5.41) is 13.5. The molecule has 2 aliphatic rings. The van der Waals surface area contributed by atoms with Crippen molar-refractivity contribution in [3.05, 3.63) is 89.5 Å². The molecule has 3 aromatic carbocycles. The first-order chi connectivity index (χ1) is 16.5. The molecule has 2 unspecified atom stereocenters. The van der Waals surface area contributed by atoms with E-state index in [9.17, 15) is 13.5 Å². The lowest BCUT2D eigenvalue weighted by molar-refractivity contribution is 0.292. The number of phenolic OH excluding ortho intramolecular Hbond substituents is 1. The molecule has 1 saturated heterocycles. The molecule has 0 radical (unpaired) electrons. The van der Waals surface area contributed by atoms with Crippen LogP contribution in [0.3, 0.4) is 0 Å². The SMILES string of the molecule is O=S(=O)(c1ccccc1)N1CCc2cc(O)ccc2C1c1ccc(OCCC2CCCN2)cc1. The second-order valence-corrected chi connectivity index (χ2v) is 10.9. The van der Waals surface area contributed by atoms with E-state index in [1.807, 2.05) is 36.4 Å². The van der Waals surface area contributed by atoms with Crippen molar-refractivity contribution in [2.24, 2.45) is 0 Å². The van der Waals surface area contributed by atoms with Gasteiger partial charge in [-0.2, -0.15) is 4.31 Å². The molecular formula is C27H30N2O4S. The second-order valence-electron chi connectivity index (χ2n) is 8.96. The Kier molecular flexibility index (Phi) is 6.59. The molecule has 5 rings (SSSR count). The number of sulfonamides is 1. The standard InChI is InChI=1S/C27H30N2O4S/c30-23-10-13-26-21(19-23)14-17-29(34(31,32)25-6-2-1-3-7-25)27(26)20-8-11-24(12-9-20)33-18-15-22-5-4-16-28-22/h1-3,6-13,19,22,27-28,30H,4-5,14-18H2. The van der Waals surface area contributed by atoms with E-state index in [1.165, 1.54) is 12.8 Å². The van der Waals surface area contributed by atoms with Gasteiger partial charge < -0.3 is 15.2 Å². The summed E-state index contributed by atoms with van der Waals surface area (Å²) < 4.78 is 34.8. The van der Waals surface area contributed by atoms with Gasteiger partial charge in [-0.1, -0.05) is 36.4 Å². The maximum absolute atomic E-state index is 13.6. The number of hydrogen-bond acceptors (Lipinski definition) is 5. The van der Waals surface area contributed by atoms with Crippen LogP contribution in [0.4, 0.5) is 0 Å². The van der Waals surface area contributed by atoms with Crippen molar-refractivity contribution < 1.29 is 18.3 Å². The number of nitrogens with one attached hydrogen (secondary N) is 1. The number of ether oxygens (including phenoxy) is 1. The number of aromatic hydroxyl groups is 1. The number of nitrogens with zero attached hydrogens (tertiary/aromatic N) is 1. The summed E-state index contributed by atoms with van der Waals surface area (Å²) in [6, 6.07) is 21.5. The lowest BCUT2D eigenvalue weighted by Crippen LogP contribution is -2.40. The number of fused-ring (bicyclic) bond motifs is 1. The van der Waals surface area contributed by atoms with Gasteiger partial charge in [0.15, 0.2) is 0 Å². The molecule has 1 fully saturated rings. The van der Waals surface area contributed by atoms with Crippen molar-refractivity contribution in [2.45, 2.75) is 42.7 Å². The molecule has 3 aromatic rings. The van der Waals surface area contributed by atoms with Gasteiger partial charge in [-0.3, -0.25) is 0 Å². The number of phenols is 1. The van der Waals surface area contributed by atoms with Gasteiger partial charge >= 0.3 is 0 Å². The van der Waals surface area contributed by atoms with Crippen LogP contribution in [0.25, 0.3) is 0 Å². The molecule has 34 heavy (non-hydrogen) atoms. The van der Waals surface area contributed by atoms with Gasteiger partial charge in [0.25, 0.3) is 0 Å². The first-order valence-electron chi connectivity index (χ1n) is 11.9. The summed E-state index contributed by atoms with van der Waals surface area (Å²) in [6.07, 6.45) is 3.94. The fourth-order valence-corrected chi connectivity index (χ4v) is 6.61. The lowest BCUT2D eigenvalue weighted by Gasteiger charge is -2.37. The zero-order chi connectivity index (χ0) is 23.5. The molecule has 2 heterocycles. The zero-order valence-corrected chi connectivity index (χ0v) is 19.9. The summed E-state index contributed by atoms with van der Waals surface area (Å²) in [5.41, 5.74) is 2.73. The van der Waals surface area contributed by atoms with Crippen LogP contribution in [0.15, 0.2) is 77.7 Å². The third kappa shape index (κ3) is 4.69. The van der Waals surface area contributed by atoms with Crippen molar-refractivity contribution >= 4 is 10.0 Å². The molecule has 7 heteroatoms. The van der Waals surface area contributed by atoms with E-state index in [2.05, 4.69) is 5.32 Å². The maximum atomic E-state index is 13.6. The van der Waals surface area contributed by atoms with Gasteiger partial charge in [-0.25, -0.2) is 8.42 Å². The average Bonchev–Trinajstić information content (AvgIpc) is 3.38. The van der Waals surface area contributed by atoms with E-state index in [0.29, 0.717) is 25.6 Å². The lowest BCUT2D eigenvalue weighted by atomic mass is 9.89. The van der Waals surface area contributed by atoms with E-state index in [1.54, 1.807) is 40.7 Å². The first-order valence-corrected chi connectivity index (χ1v) is 13.3. The summed E-state index contributed by atoms with van der Waals surface area (Å²) in [4.78, 5) is 0.280. The molecule has 6 nitrogen and oxygen atoms in total. The molecule has 2 N–H and O–H groups in total. The van der Waals surface area contributed by atoms with E-state index in [-0.39, 0.29) is 10.6 Å². The Balaban J connectivity index is 1.43.